The van der Waals surface area contributed by atoms with Gasteiger partial charge in [-0.25, -0.2) is 4.98 Å². The van der Waals surface area contributed by atoms with Crippen LogP contribution < -0.4 is 21.6 Å². The van der Waals surface area contributed by atoms with E-state index in [4.69, 9.17) is 5.73 Å². The van der Waals surface area contributed by atoms with Crippen LogP contribution in [0.3, 0.4) is 0 Å². The summed E-state index contributed by atoms with van der Waals surface area (Å²) in [7, 11) is 0. The largest absolute Gasteiger partial charge is 0.305 e. The van der Waals surface area contributed by atoms with E-state index in [1.54, 1.807) is 11.3 Å². The van der Waals surface area contributed by atoms with E-state index >= 15 is 0 Å². The molecule has 3 aromatic rings. The van der Waals surface area contributed by atoms with Gasteiger partial charge in [-0.05, 0) is 37.3 Å². The van der Waals surface area contributed by atoms with Gasteiger partial charge in [0.1, 0.15) is 11.9 Å². The zero-order valence-corrected chi connectivity index (χ0v) is 14.5. The third-order valence-electron chi connectivity index (χ3n) is 3.96. The number of anilines is 2. The Labute approximate surface area is 149 Å². The number of aromatic nitrogens is 1. The molecule has 0 aliphatic carbocycles. The van der Waals surface area contributed by atoms with Crippen LogP contribution in [0.4, 0.5) is 11.4 Å². The second-order valence-electron chi connectivity index (χ2n) is 5.76. The minimum atomic E-state index is -0.423. The molecule has 2 aromatic carbocycles. The van der Waals surface area contributed by atoms with Crippen LogP contribution >= 0.6 is 11.3 Å². The Kier molecular flexibility index (Phi) is 3.87. The number of hydrazine groups is 1. The van der Waals surface area contributed by atoms with Gasteiger partial charge in [0.05, 0.1) is 32.3 Å². The van der Waals surface area contributed by atoms with Crippen molar-refractivity contribution in [1.29, 1.82) is 0 Å². The number of rotatable bonds is 3. The Morgan fingerprint density at radius 1 is 1.28 bits per heavy atom. The van der Waals surface area contributed by atoms with Crippen molar-refractivity contribution in [3.05, 3.63) is 65.8 Å². The molecule has 1 aromatic heterocycles. The monoisotopic (exact) mass is 350 g/mol. The maximum Gasteiger partial charge on any atom is 0.144 e. The molecule has 1 fully saturated rings. The van der Waals surface area contributed by atoms with Crippen LogP contribution in [-0.4, -0.2) is 16.9 Å². The van der Waals surface area contributed by atoms with Crippen LogP contribution in [0.25, 0.3) is 10.2 Å². The molecule has 1 aliphatic rings. The van der Waals surface area contributed by atoms with Gasteiger partial charge < -0.3 is 5.73 Å². The van der Waals surface area contributed by atoms with Crippen molar-refractivity contribution in [1.82, 2.24) is 10.4 Å². The quantitative estimate of drug-likeness (QED) is 0.632. The van der Waals surface area contributed by atoms with E-state index in [2.05, 4.69) is 27.5 Å². The molecule has 1 atom stereocenters. The zero-order chi connectivity index (χ0) is 17.4. The number of nitrogens with zero attached hydrogens (tertiary/aromatic N) is 3. The summed E-state index contributed by atoms with van der Waals surface area (Å²) in [5.41, 5.74) is 16.7. The Balaban J connectivity index is 1.56. The second-order valence-corrected chi connectivity index (χ2v) is 7.00. The number of thiazole rings is 1. The van der Waals surface area contributed by atoms with Gasteiger partial charge in [-0.3, -0.25) is 15.9 Å². The fourth-order valence-electron chi connectivity index (χ4n) is 2.76. The van der Waals surface area contributed by atoms with Crippen LogP contribution in [0.5, 0.6) is 0 Å². The molecule has 0 saturated carbocycles. The number of nitrogens with two attached hydrogens (primary N) is 1. The summed E-state index contributed by atoms with van der Waals surface area (Å²) in [6, 6.07) is 15.9. The predicted molar refractivity (Wildman–Crippen MR) is 105 cm³/mol. The molecule has 2 heterocycles. The molecular formula is C18H18N6S. The van der Waals surface area contributed by atoms with Gasteiger partial charge in [-0.1, -0.05) is 24.8 Å². The van der Waals surface area contributed by atoms with Crippen LogP contribution in [0.15, 0.2) is 65.9 Å². The fourth-order valence-corrected chi connectivity index (χ4v) is 3.56. The molecule has 25 heavy (non-hydrogen) atoms. The molecule has 0 spiro atoms. The highest BCUT2D eigenvalue weighted by molar-refractivity contribution is 7.18. The SMILES string of the molecule is C=C1NN(c2ccccc2)[C@@H](N)/C1=N/Nc1ccc2sc(C)nc2c1. The Morgan fingerprint density at radius 2 is 2.08 bits per heavy atom. The third kappa shape index (κ3) is 2.95. The summed E-state index contributed by atoms with van der Waals surface area (Å²) < 4.78 is 1.16. The third-order valence-corrected chi connectivity index (χ3v) is 4.91. The number of nitrogens with one attached hydrogen (secondary N) is 2. The molecule has 7 heteroatoms. The number of hydrazone groups is 1. The van der Waals surface area contributed by atoms with Crippen molar-refractivity contribution in [2.75, 3.05) is 10.4 Å². The van der Waals surface area contributed by atoms with Crippen LogP contribution in [0, 0.1) is 6.92 Å². The lowest BCUT2D eigenvalue weighted by molar-refractivity contribution is 0.726. The summed E-state index contributed by atoms with van der Waals surface area (Å²) >= 11 is 1.68. The van der Waals surface area contributed by atoms with Gasteiger partial charge in [-0.2, -0.15) is 5.10 Å². The van der Waals surface area contributed by atoms with Crippen LogP contribution in [-0.2, 0) is 0 Å². The highest BCUT2D eigenvalue weighted by Crippen LogP contribution is 2.25. The van der Waals surface area contributed by atoms with Gasteiger partial charge in [0.25, 0.3) is 0 Å². The van der Waals surface area contributed by atoms with Gasteiger partial charge >= 0.3 is 0 Å². The first-order valence-electron chi connectivity index (χ1n) is 7.88. The summed E-state index contributed by atoms with van der Waals surface area (Å²) in [5.74, 6) is 0. The molecule has 0 unspecified atom stereocenters. The molecule has 6 nitrogen and oxygen atoms in total. The lowest BCUT2D eigenvalue weighted by atomic mass is 10.2. The van der Waals surface area contributed by atoms with Crippen molar-refractivity contribution in [2.24, 2.45) is 10.8 Å². The normalized spacial score (nSPS) is 18.8. The first-order valence-corrected chi connectivity index (χ1v) is 8.70. The number of para-hydroxylation sites is 1. The second kappa shape index (κ2) is 6.19. The molecular weight excluding hydrogens is 332 g/mol. The fraction of sp³-hybridized carbons (Fsp3) is 0.111. The standard InChI is InChI=1S/C18H18N6S/c1-11-17(18(19)24(23-11)14-6-4-3-5-7-14)22-21-13-8-9-16-15(10-13)20-12(2)25-16/h3-10,18,21,23H,1,19H2,2H3/b22-17+/t18-/m1/s1. The molecule has 4 rings (SSSR count). The van der Waals surface area contributed by atoms with Crippen molar-refractivity contribution in [3.63, 3.8) is 0 Å². The van der Waals surface area contributed by atoms with E-state index in [1.807, 2.05) is 60.5 Å². The van der Waals surface area contributed by atoms with Crippen molar-refractivity contribution < 1.29 is 0 Å². The van der Waals surface area contributed by atoms with Gasteiger partial charge in [-0.15, -0.1) is 11.3 Å². The molecule has 0 radical (unpaired) electrons. The van der Waals surface area contributed by atoms with Gasteiger partial charge in [0.15, 0.2) is 0 Å². The number of fused-ring (bicyclic) bond motifs is 1. The van der Waals surface area contributed by atoms with Crippen LogP contribution in [0.2, 0.25) is 0 Å². The Morgan fingerprint density at radius 3 is 2.88 bits per heavy atom. The molecule has 4 N–H and O–H groups in total. The van der Waals surface area contributed by atoms with E-state index in [0.717, 1.165) is 26.6 Å². The first kappa shape index (κ1) is 15.6. The minimum absolute atomic E-state index is 0.423. The van der Waals surface area contributed by atoms with Crippen molar-refractivity contribution in [2.45, 2.75) is 13.1 Å². The Bertz CT molecular complexity index is 962. The summed E-state index contributed by atoms with van der Waals surface area (Å²) in [5, 5.41) is 7.35. The molecule has 126 valence electrons. The minimum Gasteiger partial charge on any atom is -0.305 e. The Hall–Kier alpha value is -2.90. The summed E-state index contributed by atoms with van der Waals surface area (Å²) in [6.07, 6.45) is -0.423. The topological polar surface area (TPSA) is 78.6 Å². The van der Waals surface area contributed by atoms with Crippen molar-refractivity contribution in [3.8, 4) is 0 Å². The van der Waals surface area contributed by atoms with Crippen LogP contribution in [0.1, 0.15) is 5.01 Å². The highest BCUT2D eigenvalue weighted by Gasteiger charge is 2.30. The molecule has 0 amide bonds. The average molecular weight is 350 g/mol. The van der Waals surface area contributed by atoms with E-state index in [1.165, 1.54) is 0 Å². The number of hydrogen-bond donors (Lipinski definition) is 3. The lowest BCUT2D eigenvalue weighted by Gasteiger charge is -2.22. The average Bonchev–Trinajstić information content (AvgIpc) is 3.12. The zero-order valence-electron chi connectivity index (χ0n) is 13.7. The maximum absolute atomic E-state index is 6.32. The molecule has 0 bridgehead atoms. The first-order chi connectivity index (χ1) is 12.1. The molecule has 1 aliphatic heterocycles. The number of aryl methyl sites for hydroxylation is 1. The smallest absolute Gasteiger partial charge is 0.144 e. The maximum atomic E-state index is 6.32. The van der Waals surface area contributed by atoms with Gasteiger partial charge in [0.2, 0.25) is 0 Å². The van der Waals surface area contributed by atoms with E-state index < -0.39 is 6.17 Å². The van der Waals surface area contributed by atoms with Crippen molar-refractivity contribution >= 4 is 38.6 Å². The number of benzene rings is 2. The summed E-state index contributed by atoms with van der Waals surface area (Å²) in [4.78, 5) is 4.50. The highest BCUT2D eigenvalue weighted by atomic mass is 32.1. The van der Waals surface area contributed by atoms with E-state index in [0.29, 0.717) is 11.4 Å². The lowest BCUT2D eigenvalue weighted by Crippen LogP contribution is -2.44. The summed E-state index contributed by atoms with van der Waals surface area (Å²) in [6.45, 7) is 6.02. The predicted octanol–water partition coefficient (Wildman–Crippen LogP) is 3.20. The van der Waals surface area contributed by atoms with E-state index in [9.17, 15) is 0 Å². The van der Waals surface area contributed by atoms with E-state index in [-0.39, 0.29) is 0 Å². The molecule has 1 saturated heterocycles. The van der Waals surface area contributed by atoms with Gasteiger partial charge in [0, 0.05) is 0 Å². The number of hydrogen-bond acceptors (Lipinski definition) is 7.